The van der Waals surface area contributed by atoms with Crippen molar-refractivity contribution >= 4 is 0 Å². The molecule has 0 amide bonds. The van der Waals surface area contributed by atoms with Crippen LogP contribution < -0.4 is 5.73 Å². The minimum absolute atomic E-state index is 0.607. The minimum atomic E-state index is 0.607. The molecule has 0 aliphatic heterocycles. The predicted molar refractivity (Wildman–Crippen MR) is 98.3 cm³/mol. The van der Waals surface area contributed by atoms with Crippen LogP contribution in [0.5, 0.6) is 0 Å². The Morgan fingerprint density at radius 1 is 0.783 bits per heavy atom. The summed E-state index contributed by atoms with van der Waals surface area (Å²) in [5.74, 6) is 0. The number of nitrogens with zero attached hydrogens (tertiary/aromatic N) is 2. The largest absolute Gasteiger partial charge is 0.326 e. The first kappa shape index (κ1) is 17.7. The van der Waals surface area contributed by atoms with Crippen molar-refractivity contribution in [3.05, 3.63) is 71.3 Å². The fraction of sp³-hybridized carbons (Fsp3) is 0.400. The van der Waals surface area contributed by atoms with Crippen LogP contribution in [0.2, 0.25) is 0 Å². The molecule has 0 heterocycles. The molecule has 2 N–H and O–H groups in total. The lowest BCUT2D eigenvalue weighted by atomic mass is 10.1. The van der Waals surface area contributed by atoms with Crippen molar-refractivity contribution < 1.29 is 0 Å². The molecule has 2 aromatic rings. The van der Waals surface area contributed by atoms with Gasteiger partial charge in [-0.3, -0.25) is 4.90 Å². The van der Waals surface area contributed by atoms with Gasteiger partial charge in [0.2, 0.25) is 0 Å². The highest BCUT2D eigenvalue weighted by Gasteiger charge is 2.07. The van der Waals surface area contributed by atoms with Crippen LogP contribution in [-0.2, 0) is 19.5 Å². The molecule has 3 heteroatoms. The highest BCUT2D eigenvalue weighted by Crippen LogP contribution is 2.10. The van der Waals surface area contributed by atoms with Gasteiger partial charge in [0.1, 0.15) is 0 Å². The molecule has 0 spiro atoms. The van der Waals surface area contributed by atoms with E-state index in [4.69, 9.17) is 5.73 Å². The summed E-state index contributed by atoms with van der Waals surface area (Å²) in [7, 11) is 4.26. The standard InChI is InChI=1S/C20H29N3/c1-22(2)13-14-23(12-11-18-7-4-3-5-8-18)17-20-10-6-9-19(15-20)16-21/h3-10,15H,11-14,16-17,21H2,1-2H3. The van der Waals surface area contributed by atoms with Crippen LogP contribution in [0.15, 0.2) is 54.6 Å². The third-order valence-corrected chi connectivity index (χ3v) is 4.06. The van der Waals surface area contributed by atoms with Crippen LogP contribution >= 0.6 is 0 Å². The monoisotopic (exact) mass is 311 g/mol. The van der Waals surface area contributed by atoms with E-state index in [2.05, 4.69) is 78.5 Å². The van der Waals surface area contributed by atoms with E-state index in [0.717, 1.165) is 32.6 Å². The summed E-state index contributed by atoms with van der Waals surface area (Å²) in [4.78, 5) is 4.77. The number of benzene rings is 2. The van der Waals surface area contributed by atoms with Gasteiger partial charge >= 0.3 is 0 Å². The van der Waals surface area contributed by atoms with Crippen LogP contribution in [0.3, 0.4) is 0 Å². The molecule has 0 bridgehead atoms. The molecule has 0 fully saturated rings. The molecule has 0 unspecified atom stereocenters. The lowest BCUT2D eigenvalue weighted by molar-refractivity contribution is 0.236. The van der Waals surface area contributed by atoms with Gasteiger partial charge in [-0.25, -0.2) is 0 Å². The van der Waals surface area contributed by atoms with Gasteiger partial charge in [0.15, 0.2) is 0 Å². The zero-order valence-electron chi connectivity index (χ0n) is 14.4. The number of nitrogens with two attached hydrogens (primary N) is 1. The van der Waals surface area contributed by atoms with Gasteiger partial charge < -0.3 is 10.6 Å². The van der Waals surface area contributed by atoms with Crippen molar-refractivity contribution in [1.82, 2.24) is 9.80 Å². The number of rotatable bonds is 9. The molecule has 0 saturated carbocycles. The van der Waals surface area contributed by atoms with Crippen molar-refractivity contribution in [3.8, 4) is 0 Å². The second-order valence-electron chi connectivity index (χ2n) is 6.34. The zero-order valence-corrected chi connectivity index (χ0v) is 14.4. The van der Waals surface area contributed by atoms with E-state index in [-0.39, 0.29) is 0 Å². The first-order valence-corrected chi connectivity index (χ1v) is 8.36. The lowest BCUT2D eigenvalue weighted by Gasteiger charge is -2.24. The Labute approximate surface area is 140 Å². The van der Waals surface area contributed by atoms with E-state index in [0.29, 0.717) is 6.54 Å². The molecule has 0 atom stereocenters. The third kappa shape index (κ3) is 6.53. The fourth-order valence-electron chi connectivity index (χ4n) is 2.66. The zero-order chi connectivity index (χ0) is 16.5. The van der Waals surface area contributed by atoms with Crippen LogP contribution in [0, 0.1) is 0 Å². The first-order chi connectivity index (χ1) is 11.2. The summed E-state index contributed by atoms with van der Waals surface area (Å²) in [5.41, 5.74) is 9.72. The molecule has 0 aliphatic carbocycles. The van der Waals surface area contributed by atoms with E-state index in [1.807, 2.05) is 0 Å². The molecule has 0 aromatic heterocycles. The van der Waals surface area contributed by atoms with Crippen LogP contribution in [0.25, 0.3) is 0 Å². The molecular weight excluding hydrogens is 282 g/mol. The maximum absolute atomic E-state index is 5.76. The second kappa shape index (κ2) is 9.46. The Balaban J connectivity index is 1.97. The van der Waals surface area contributed by atoms with Crippen molar-refractivity contribution in [2.75, 3.05) is 33.7 Å². The first-order valence-electron chi connectivity index (χ1n) is 8.36. The van der Waals surface area contributed by atoms with E-state index >= 15 is 0 Å². The third-order valence-electron chi connectivity index (χ3n) is 4.06. The minimum Gasteiger partial charge on any atom is -0.326 e. The second-order valence-corrected chi connectivity index (χ2v) is 6.34. The van der Waals surface area contributed by atoms with Crippen LogP contribution in [0.4, 0.5) is 0 Å². The Morgan fingerprint density at radius 3 is 2.17 bits per heavy atom. The topological polar surface area (TPSA) is 32.5 Å². The van der Waals surface area contributed by atoms with Gasteiger partial charge in [0.05, 0.1) is 0 Å². The Hall–Kier alpha value is -1.68. The average molecular weight is 311 g/mol. The number of hydrogen-bond acceptors (Lipinski definition) is 3. The Morgan fingerprint density at radius 2 is 1.48 bits per heavy atom. The van der Waals surface area contributed by atoms with Gasteiger partial charge in [-0.2, -0.15) is 0 Å². The summed E-state index contributed by atoms with van der Waals surface area (Å²) < 4.78 is 0. The maximum Gasteiger partial charge on any atom is 0.0234 e. The molecular formula is C20H29N3. The molecule has 2 aromatic carbocycles. The van der Waals surface area contributed by atoms with Gasteiger partial charge in [0.25, 0.3) is 0 Å². The average Bonchev–Trinajstić information content (AvgIpc) is 2.58. The summed E-state index contributed by atoms with van der Waals surface area (Å²) in [6.07, 6.45) is 1.09. The van der Waals surface area contributed by atoms with Gasteiger partial charge in [-0.15, -0.1) is 0 Å². The van der Waals surface area contributed by atoms with Crippen LogP contribution in [0.1, 0.15) is 16.7 Å². The van der Waals surface area contributed by atoms with E-state index < -0.39 is 0 Å². The Kier molecular flexibility index (Phi) is 7.27. The smallest absolute Gasteiger partial charge is 0.0234 e. The molecule has 124 valence electrons. The number of hydrogen-bond donors (Lipinski definition) is 1. The van der Waals surface area contributed by atoms with Crippen molar-refractivity contribution in [2.45, 2.75) is 19.5 Å². The molecule has 2 rings (SSSR count). The predicted octanol–water partition coefficient (Wildman–Crippen LogP) is 2.75. The van der Waals surface area contributed by atoms with E-state index in [1.54, 1.807) is 0 Å². The highest BCUT2D eigenvalue weighted by molar-refractivity contribution is 5.23. The maximum atomic E-state index is 5.76. The summed E-state index contributed by atoms with van der Waals surface area (Å²) >= 11 is 0. The SMILES string of the molecule is CN(C)CCN(CCc1ccccc1)Cc1cccc(CN)c1. The number of likely N-dealkylation sites (N-methyl/N-ethyl adjacent to an activating group) is 1. The normalized spacial score (nSPS) is 11.3. The fourth-order valence-corrected chi connectivity index (χ4v) is 2.66. The summed E-state index contributed by atoms with van der Waals surface area (Å²) in [6, 6.07) is 19.4. The van der Waals surface area contributed by atoms with Crippen molar-refractivity contribution in [2.24, 2.45) is 5.73 Å². The van der Waals surface area contributed by atoms with E-state index in [1.165, 1.54) is 16.7 Å². The summed E-state index contributed by atoms with van der Waals surface area (Å²) in [6.45, 7) is 4.81. The molecule has 0 aliphatic rings. The van der Waals surface area contributed by atoms with Gasteiger partial charge in [-0.05, 0) is 37.2 Å². The quantitative estimate of drug-likeness (QED) is 0.773. The lowest BCUT2D eigenvalue weighted by Crippen LogP contribution is -2.33. The highest BCUT2D eigenvalue weighted by atomic mass is 15.2. The summed E-state index contributed by atoms with van der Waals surface area (Å²) in [5, 5.41) is 0. The molecule has 0 radical (unpaired) electrons. The Bertz CT molecular complexity index is 566. The molecule has 0 saturated heterocycles. The van der Waals surface area contributed by atoms with E-state index in [9.17, 15) is 0 Å². The van der Waals surface area contributed by atoms with Crippen LogP contribution in [-0.4, -0.2) is 43.5 Å². The van der Waals surface area contributed by atoms with Crippen molar-refractivity contribution in [1.29, 1.82) is 0 Å². The molecule has 23 heavy (non-hydrogen) atoms. The van der Waals surface area contributed by atoms with Gasteiger partial charge in [0, 0.05) is 32.7 Å². The van der Waals surface area contributed by atoms with Gasteiger partial charge in [-0.1, -0.05) is 54.6 Å². The van der Waals surface area contributed by atoms with Crippen molar-refractivity contribution in [3.63, 3.8) is 0 Å². The molecule has 3 nitrogen and oxygen atoms in total.